The van der Waals surface area contributed by atoms with Gasteiger partial charge in [-0.25, -0.2) is 4.98 Å². The third kappa shape index (κ3) is 3.54. The van der Waals surface area contributed by atoms with Crippen LogP contribution in [0.2, 0.25) is 0 Å². The summed E-state index contributed by atoms with van der Waals surface area (Å²) < 4.78 is 1.70. The van der Waals surface area contributed by atoms with E-state index in [1.165, 1.54) is 0 Å². The van der Waals surface area contributed by atoms with Gasteiger partial charge in [0.2, 0.25) is 0 Å². The van der Waals surface area contributed by atoms with Crippen LogP contribution in [0.3, 0.4) is 0 Å². The molecule has 0 spiro atoms. The average Bonchev–Trinajstić information content (AvgIpc) is 2.60. The zero-order valence-corrected chi connectivity index (χ0v) is 8.56. The first-order valence-corrected chi connectivity index (χ1v) is 4.75. The van der Waals surface area contributed by atoms with Gasteiger partial charge in [-0.05, 0) is 13.0 Å². The van der Waals surface area contributed by atoms with E-state index in [1.807, 2.05) is 6.07 Å². The molecule has 0 unspecified atom stereocenters. The molecule has 0 aliphatic carbocycles. The number of rotatable bonds is 5. The lowest BCUT2D eigenvalue weighted by Crippen LogP contribution is -2.24. The highest BCUT2D eigenvalue weighted by Gasteiger charge is 1.98. The van der Waals surface area contributed by atoms with Gasteiger partial charge in [0.15, 0.2) is 0 Å². The number of nitrogens with zero attached hydrogens (tertiary/aromatic N) is 4. The summed E-state index contributed by atoms with van der Waals surface area (Å²) in [4.78, 5) is 3.82. The smallest absolute Gasteiger partial charge is 0.252 e. The Kier molecular flexibility index (Phi) is 4.08. The molecule has 0 amide bonds. The molecule has 1 aromatic heterocycles. The molecule has 0 aliphatic heterocycles. The van der Waals surface area contributed by atoms with E-state index in [4.69, 9.17) is 5.26 Å². The van der Waals surface area contributed by atoms with Crippen molar-refractivity contribution in [2.75, 3.05) is 6.54 Å². The van der Waals surface area contributed by atoms with E-state index in [0.717, 1.165) is 19.5 Å². The summed E-state index contributed by atoms with van der Waals surface area (Å²) in [6.45, 7) is 5.99. The van der Waals surface area contributed by atoms with Gasteiger partial charge < -0.3 is 5.32 Å². The van der Waals surface area contributed by atoms with Crippen LogP contribution < -0.4 is 5.32 Å². The number of hydrogen-bond donors (Lipinski definition) is 1. The molecule has 0 radical (unpaired) electrons. The second kappa shape index (κ2) is 5.35. The number of hydrogen-bond acceptors (Lipinski definition) is 4. The maximum Gasteiger partial charge on any atom is 0.252 e. The van der Waals surface area contributed by atoms with Gasteiger partial charge in [0.05, 0.1) is 0 Å². The first kappa shape index (κ1) is 10.7. The summed E-state index contributed by atoms with van der Waals surface area (Å²) in [6.07, 6.45) is 2.58. The normalized spacial score (nSPS) is 10.4. The lowest BCUT2D eigenvalue weighted by atomic mass is 10.3. The van der Waals surface area contributed by atoms with Crippen molar-refractivity contribution >= 4 is 0 Å². The van der Waals surface area contributed by atoms with Gasteiger partial charge in [-0.3, -0.25) is 4.68 Å². The van der Waals surface area contributed by atoms with Crippen LogP contribution in [0, 0.1) is 11.3 Å². The van der Waals surface area contributed by atoms with E-state index in [1.54, 1.807) is 11.0 Å². The van der Waals surface area contributed by atoms with Crippen molar-refractivity contribution in [1.29, 1.82) is 5.26 Å². The molecule has 14 heavy (non-hydrogen) atoms. The van der Waals surface area contributed by atoms with Crippen LogP contribution in [0.1, 0.15) is 26.1 Å². The molecule has 0 atom stereocenters. The first-order valence-electron chi connectivity index (χ1n) is 4.75. The van der Waals surface area contributed by atoms with Crippen molar-refractivity contribution in [2.45, 2.75) is 32.9 Å². The molecule has 1 heterocycles. The van der Waals surface area contributed by atoms with Crippen molar-refractivity contribution in [3.8, 4) is 6.07 Å². The van der Waals surface area contributed by atoms with E-state index in [-0.39, 0.29) is 5.82 Å². The SMILES string of the molecule is CC(C)NCCCn1cnc(C#N)n1. The predicted octanol–water partition coefficient (Wildman–Crippen LogP) is 0.538. The van der Waals surface area contributed by atoms with Crippen LogP contribution in [0.5, 0.6) is 0 Å². The van der Waals surface area contributed by atoms with Gasteiger partial charge in [0.25, 0.3) is 5.82 Å². The third-order valence-electron chi connectivity index (χ3n) is 1.75. The second-order valence-corrected chi connectivity index (χ2v) is 3.41. The molecule has 0 aromatic carbocycles. The summed E-state index contributed by atoms with van der Waals surface area (Å²) in [5.74, 6) is 0.238. The Balaban J connectivity index is 2.22. The zero-order chi connectivity index (χ0) is 10.4. The Hall–Kier alpha value is -1.41. The zero-order valence-electron chi connectivity index (χ0n) is 8.56. The highest BCUT2D eigenvalue weighted by atomic mass is 15.3. The molecule has 0 fully saturated rings. The fourth-order valence-corrected chi connectivity index (χ4v) is 1.09. The maximum absolute atomic E-state index is 8.49. The molecule has 1 rings (SSSR count). The van der Waals surface area contributed by atoms with Crippen molar-refractivity contribution < 1.29 is 0 Å². The number of aryl methyl sites for hydroxylation is 1. The lowest BCUT2D eigenvalue weighted by Gasteiger charge is -2.06. The standard InChI is InChI=1S/C9H15N5/c1-8(2)11-4-3-5-14-7-12-9(6-10)13-14/h7-8,11H,3-5H2,1-2H3. The molecular weight excluding hydrogens is 178 g/mol. The summed E-state index contributed by atoms with van der Waals surface area (Å²) in [5, 5.41) is 15.8. The van der Waals surface area contributed by atoms with Gasteiger partial charge >= 0.3 is 0 Å². The van der Waals surface area contributed by atoms with Gasteiger partial charge in [-0.15, -0.1) is 5.10 Å². The Morgan fingerprint density at radius 3 is 3.00 bits per heavy atom. The monoisotopic (exact) mass is 193 g/mol. The topological polar surface area (TPSA) is 66.5 Å². The third-order valence-corrected chi connectivity index (χ3v) is 1.75. The predicted molar refractivity (Wildman–Crippen MR) is 52.5 cm³/mol. The Bertz CT molecular complexity index is 309. The van der Waals surface area contributed by atoms with Crippen LogP contribution in [-0.2, 0) is 6.54 Å². The summed E-state index contributed by atoms with van der Waals surface area (Å²) in [5.41, 5.74) is 0. The highest BCUT2D eigenvalue weighted by Crippen LogP contribution is 1.90. The molecule has 76 valence electrons. The molecule has 0 aliphatic rings. The molecule has 5 heteroatoms. The summed E-state index contributed by atoms with van der Waals surface area (Å²) >= 11 is 0. The van der Waals surface area contributed by atoms with E-state index < -0.39 is 0 Å². The minimum absolute atomic E-state index is 0.238. The Morgan fingerprint density at radius 1 is 1.64 bits per heavy atom. The fourth-order valence-electron chi connectivity index (χ4n) is 1.09. The van der Waals surface area contributed by atoms with Crippen molar-refractivity contribution in [2.24, 2.45) is 0 Å². The van der Waals surface area contributed by atoms with E-state index in [0.29, 0.717) is 6.04 Å². The van der Waals surface area contributed by atoms with Crippen LogP contribution in [0.4, 0.5) is 0 Å². The molecular formula is C9H15N5. The molecule has 0 bridgehead atoms. The van der Waals surface area contributed by atoms with Gasteiger partial charge in [-0.2, -0.15) is 5.26 Å². The van der Waals surface area contributed by atoms with Gasteiger partial charge in [-0.1, -0.05) is 13.8 Å². The lowest BCUT2D eigenvalue weighted by molar-refractivity contribution is 0.512. The second-order valence-electron chi connectivity index (χ2n) is 3.41. The van der Waals surface area contributed by atoms with Crippen molar-refractivity contribution in [3.63, 3.8) is 0 Å². The van der Waals surface area contributed by atoms with E-state index in [2.05, 4.69) is 29.2 Å². The van der Waals surface area contributed by atoms with E-state index >= 15 is 0 Å². The fraction of sp³-hybridized carbons (Fsp3) is 0.667. The minimum atomic E-state index is 0.238. The average molecular weight is 193 g/mol. The van der Waals surface area contributed by atoms with E-state index in [9.17, 15) is 0 Å². The molecule has 5 nitrogen and oxygen atoms in total. The van der Waals surface area contributed by atoms with Crippen molar-refractivity contribution in [1.82, 2.24) is 20.1 Å². The summed E-state index contributed by atoms with van der Waals surface area (Å²) in [6, 6.07) is 2.41. The quantitative estimate of drug-likeness (QED) is 0.693. The molecule has 1 aromatic rings. The Morgan fingerprint density at radius 2 is 2.43 bits per heavy atom. The Labute approximate surface area is 83.8 Å². The first-order chi connectivity index (χ1) is 6.72. The largest absolute Gasteiger partial charge is 0.314 e. The number of nitrogens with one attached hydrogen (secondary N) is 1. The maximum atomic E-state index is 8.49. The summed E-state index contributed by atoms with van der Waals surface area (Å²) in [7, 11) is 0. The van der Waals surface area contributed by atoms with Gasteiger partial charge in [0, 0.05) is 12.6 Å². The molecule has 0 saturated heterocycles. The highest BCUT2D eigenvalue weighted by molar-refractivity contribution is 5.05. The van der Waals surface area contributed by atoms with Crippen LogP contribution in [0.25, 0.3) is 0 Å². The van der Waals surface area contributed by atoms with Crippen LogP contribution in [-0.4, -0.2) is 27.4 Å². The molecule has 0 saturated carbocycles. The van der Waals surface area contributed by atoms with Crippen LogP contribution in [0.15, 0.2) is 6.33 Å². The number of nitriles is 1. The van der Waals surface area contributed by atoms with Crippen molar-refractivity contribution in [3.05, 3.63) is 12.2 Å². The number of aromatic nitrogens is 3. The molecule has 1 N–H and O–H groups in total. The minimum Gasteiger partial charge on any atom is -0.314 e. The van der Waals surface area contributed by atoms with Crippen LogP contribution >= 0.6 is 0 Å². The van der Waals surface area contributed by atoms with Gasteiger partial charge in [0.1, 0.15) is 12.4 Å².